The zero-order valence-electron chi connectivity index (χ0n) is 16.6. The van der Waals surface area contributed by atoms with E-state index in [-0.39, 0.29) is 12.0 Å². The summed E-state index contributed by atoms with van der Waals surface area (Å²) >= 11 is 6.44. The lowest BCUT2D eigenvalue weighted by molar-refractivity contribution is -0.137. The van der Waals surface area contributed by atoms with Crippen molar-refractivity contribution in [1.29, 1.82) is 0 Å². The minimum Gasteiger partial charge on any atom is -0.480 e. The molecule has 0 aliphatic heterocycles. The average Bonchev–Trinajstić information content (AvgIpc) is 2.71. The zero-order valence-corrected chi connectivity index (χ0v) is 17.3. The predicted octanol–water partition coefficient (Wildman–Crippen LogP) is 3.94. The molecule has 2 aromatic heterocycles. The molecule has 30 heavy (non-hydrogen) atoms. The molecule has 0 aliphatic carbocycles. The number of carboxylic acid groups (broad SMARTS) is 1. The second kappa shape index (κ2) is 7.80. The lowest BCUT2D eigenvalue weighted by Gasteiger charge is -2.22. The van der Waals surface area contributed by atoms with Crippen LogP contribution in [0.15, 0.2) is 59.7 Å². The first-order chi connectivity index (χ1) is 14.4. The SMILES string of the molecule is CN(C)c1c(Cl)ccc2c(=O)c3ccc(Cc4cccnc4)cc3n(CC(=O)O)c12. The first kappa shape index (κ1) is 19.9. The van der Waals surface area contributed by atoms with Gasteiger partial charge in [0.1, 0.15) is 6.54 Å². The highest BCUT2D eigenvalue weighted by Gasteiger charge is 2.19. The maximum absolute atomic E-state index is 13.2. The number of carbonyl (C=O) groups is 1. The molecule has 0 atom stereocenters. The molecule has 0 unspecified atom stereocenters. The molecule has 7 heteroatoms. The van der Waals surface area contributed by atoms with Crippen molar-refractivity contribution < 1.29 is 9.90 Å². The molecule has 0 radical (unpaired) electrons. The molecule has 2 aromatic carbocycles. The van der Waals surface area contributed by atoms with Crippen LogP contribution in [0.1, 0.15) is 11.1 Å². The summed E-state index contributed by atoms with van der Waals surface area (Å²) in [6.07, 6.45) is 4.13. The van der Waals surface area contributed by atoms with E-state index in [0.29, 0.717) is 38.9 Å². The number of hydrogen-bond acceptors (Lipinski definition) is 4. The molecule has 2 heterocycles. The van der Waals surface area contributed by atoms with Gasteiger partial charge in [-0.2, -0.15) is 0 Å². The van der Waals surface area contributed by atoms with Gasteiger partial charge in [0.15, 0.2) is 5.43 Å². The number of aliphatic carboxylic acids is 1. The summed E-state index contributed by atoms with van der Waals surface area (Å²) in [5.41, 5.74) is 3.55. The second-order valence-corrected chi connectivity index (χ2v) is 7.79. The van der Waals surface area contributed by atoms with Crippen LogP contribution >= 0.6 is 11.6 Å². The third kappa shape index (κ3) is 3.50. The molecule has 0 bridgehead atoms. The molecule has 0 spiro atoms. The quantitative estimate of drug-likeness (QED) is 0.494. The summed E-state index contributed by atoms with van der Waals surface area (Å²) in [7, 11) is 3.64. The van der Waals surface area contributed by atoms with Gasteiger partial charge in [0, 0.05) is 37.3 Å². The summed E-state index contributed by atoms with van der Waals surface area (Å²) in [4.78, 5) is 30.9. The number of aromatic nitrogens is 2. The summed E-state index contributed by atoms with van der Waals surface area (Å²) in [5, 5.41) is 11.0. The van der Waals surface area contributed by atoms with Crippen molar-refractivity contribution in [2.24, 2.45) is 0 Å². The Hall–Kier alpha value is -3.38. The van der Waals surface area contributed by atoms with Crippen molar-refractivity contribution in [2.75, 3.05) is 19.0 Å². The van der Waals surface area contributed by atoms with Crippen LogP contribution in [0.4, 0.5) is 5.69 Å². The highest BCUT2D eigenvalue weighted by atomic mass is 35.5. The minimum atomic E-state index is -0.997. The fourth-order valence-corrected chi connectivity index (χ4v) is 4.16. The Morgan fingerprint density at radius 2 is 1.90 bits per heavy atom. The zero-order chi connectivity index (χ0) is 21.4. The topological polar surface area (TPSA) is 75.4 Å². The van der Waals surface area contributed by atoms with E-state index in [9.17, 15) is 14.7 Å². The van der Waals surface area contributed by atoms with E-state index < -0.39 is 5.97 Å². The van der Waals surface area contributed by atoms with Gasteiger partial charge in [0.2, 0.25) is 0 Å². The van der Waals surface area contributed by atoms with Crippen LogP contribution in [-0.2, 0) is 17.8 Å². The maximum atomic E-state index is 13.2. The van der Waals surface area contributed by atoms with Crippen LogP contribution in [-0.4, -0.2) is 34.7 Å². The number of fused-ring (bicyclic) bond motifs is 2. The molecule has 6 nitrogen and oxygen atoms in total. The molecule has 4 aromatic rings. The fourth-order valence-electron chi connectivity index (χ4n) is 3.84. The first-order valence-corrected chi connectivity index (χ1v) is 9.80. The number of rotatable bonds is 5. The summed E-state index contributed by atoms with van der Waals surface area (Å²) < 4.78 is 1.67. The monoisotopic (exact) mass is 421 g/mol. The largest absolute Gasteiger partial charge is 0.480 e. The molecule has 152 valence electrons. The van der Waals surface area contributed by atoms with Crippen molar-refractivity contribution in [2.45, 2.75) is 13.0 Å². The number of hydrogen-bond donors (Lipinski definition) is 1. The second-order valence-electron chi connectivity index (χ2n) is 7.39. The normalized spacial score (nSPS) is 11.2. The molecule has 0 saturated heterocycles. The van der Waals surface area contributed by atoms with Gasteiger partial charge in [0.05, 0.1) is 21.7 Å². The van der Waals surface area contributed by atoms with Crippen molar-refractivity contribution in [3.8, 4) is 0 Å². The fraction of sp³-hybridized carbons (Fsp3) is 0.174. The van der Waals surface area contributed by atoms with E-state index in [4.69, 9.17) is 11.6 Å². The van der Waals surface area contributed by atoms with E-state index in [1.54, 1.807) is 40.1 Å². The van der Waals surface area contributed by atoms with Gasteiger partial charge in [-0.1, -0.05) is 23.7 Å². The minimum absolute atomic E-state index is 0.144. The Labute approximate surface area is 178 Å². The van der Waals surface area contributed by atoms with Gasteiger partial charge in [-0.3, -0.25) is 14.6 Å². The number of benzene rings is 2. The Kier molecular flexibility index (Phi) is 5.18. The molecular formula is C23H20ClN3O3. The lowest BCUT2D eigenvalue weighted by atomic mass is 10.0. The van der Waals surface area contributed by atoms with Gasteiger partial charge in [0.25, 0.3) is 0 Å². The molecule has 0 amide bonds. The van der Waals surface area contributed by atoms with E-state index >= 15 is 0 Å². The molecule has 1 N–H and O–H groups in total. The van der Waals surface area contributed by atoms with Gasteiger partial charge < -0.3 is 14.6 Å². The third-order valence-corrected chi connectivity index (χ3v) is 5.39. The van der Waals surface area contributed by atoms with Crippen molar-refractivity contribution >= 4 is 45.1 Å². The average molecular weight is 422 g/mol. The Morgan fingerprint density at radius 3 is 2.57 bits per heavy atom. The summed E-state index contributed by atoms with van der Waals surface area (Å²) in [5.74, 6) is -0.997. The van der Waals surface area contributed by atoms with Crippen LogP contribution < -0.4 is 10.3 Å². The van der Waals surface area contributed by atoms with Crippen LogP contribution in [0.5, 0.6) is 0 Å². The van der Waals surface area contributed by atoms with Crippen molar-refractivity contribution in [1.82, 2.24) is 9.55 Å². The predicted molar refractivity (Wildman–Crippen MR) is 120 cm³/mol. The Balaban J connectivity index is 2.07. The third-order valence-electron chi connectivity index (χ3n) is 5.09. The van der Waals surface area contributed by atoms with Crippen LogP contribution in [0.25, 0.3) is 21.8 Å². The molecule has 4 rings (SSSR count). The number of halogens is 1. The smallest absolute Gasteiger partial charge is 0.323 e. The number of carboxylic acids is 1. The van der Waals surface area contributed by atoms with Crippen molar-refractivity contribution in [3.63, 3.8) is 0 Å². The van der Waals surface area contributed by atoms with Crippen molar-refractivity contribution in [3.05, 3.63) is 81.2 Å². The van der Waals surface area contributed by atoms with Gasteiger partial charge >= 0.3 is 5.97 Å². The van der Waals surface area contributed by atoms with E-state index in [1.807, 2.05) is 38.4 Å². The van der Waals surface area contributed by atoms with Gasteiger partial charge in [-0.15, -0.1) is 0 Å². The van der Waals surface area contributed by atoms with E-state index in [1.165, 1.54) is 0 Å². The number of pyridine rings is 2. The number of nitrogens with zero attached hydrogens (tertiary/aromatic N) is 3. The first-order valence-electron chi connectivity index (χ1n) is 9.42. The van der Waals surface area contributed by atoms with Crippen LogP contribution in [0.3, 0.4) is 0 Å². The lowest BCUT2D eigenvalue weighted by Crippen LogP contribution is -2.20. The summed E-state index contributed by atoms with van der Waals surface area (Å²) in [6, 6.07) is 12.7. The highest BCUT2D eigenvalue weighted by Crippen LogP contribution is 2.34. The Morgan fingerprint density at radius 1 is 1.13 bits per heavy atom. The summed E-state index contributed by atoms with van der Waals surface area (Å²) in [6.45, 7) is -0.287. The molecule has 0 aliphatic rings. The molecule has 0 fully saturated rings. The van der Waals surface area contributed by atoms with Crippen LogP contribution in [0.2, 0.25) is 5.02 Å². The van der Waals surface area contributed by atoms with E-state index in [0.717, 1.165) is 11.1 Å². The molecule has 0 saturated carbocycles. The maximum Gasteiger partial charge on any atom is 0.323 e. The highest BCUT2D eigenvalue weighted by molar-refractivity contribution is 6.35. The molecular weight excluding hydrogens is 402 g/mol. The number of anilines is 1. The van der Waals surface area contributed by atoms with E-state index in [2.05, 4.69) is 4.98 Å². The Bertz CT molecular complexity index is 1330. The standard InChI is InChI=1S/C23H20ClN3O3/c1-26(2)22-18(24)8-7-17-21(22)27(13-20(28)29)19-11-14(5-6-16(19)23(17)30)10-15-4-3-9-25-12-15/h3-9,11-12H,10,13H2,1-2H3,(H,28,29). The van der Waals surface area contributed by atoms with Crippen LogP contribution in [0, 0.1) is 0 Å². The van der Waals surface area contributed by atoms with Gasteiger partial charge in [-0.25, -0.2) is 0 Å². The van der Waals surface area contributed by atoms with Gasteiger partial charge in [-0.05, 0) is 47.9 Å².